The fourth-order valence-corrected chi connectivity index (χ4v) is 11.0. The van der Waals surface area contributed by atoms with Crippen LogP contribution in [0.15, 0.2) is 199 Å². The highest BCUT2D eigenvalue weighted by atomic mass is 16.3. The topological polar surface area (TPSA) is 61.7 Å². The van der Waals surface area contributed by atoms with Gasteiger partial charge in [-0.25, -0.2) is 4.98 Å². The Hall–Kier alpha value is -8.35. The average molecular weight is 848 g/mol. The zero-order chi connectivity index (χ0) is 43.7. The van der Waals surface area contributed by atoms with Crippen LogP contribution in [0.5, 0.6) is 0 Å². The van der Waals surface area contributed by atoms with Crippen LogP contribution < -0.4 is 0 Å². The molecule has 12 aromatic rings. The Morgan fingerprint density at radius 2 is 1.18 bits per heavy atom. The van der Waals surface area contributed by atoms with Gasteiger partial charge in [-0.05, 0) is 100 Å². The molecule has 0 fully saturated rings. The standard InChI is InChI=1S/C60H41N5O/c1-60(2)49-24-14-12-22-41(49)43-32-46-44-30-38(26-28-52(44)65(53(46)34-50(43)60)59-62-57(36-16-6-3-7-17-36)61-58(63-59)37-18-8-4-9-19-37)39-27-29-55-47(31-39)48-33-45-42-23-13-15-25-51(42)64(40-20-10-5-11-21-40)54(45)35-56(48)66-55/h3-18,20-35,37H,19H2,1-2H3. The van der Waals surface area contributed by atoms with Crippen molar-refractivity contribution in [2.45, 2.75) is 31.6 Å². The van der Waals surface area contributed by atoms with Crippen molar-refractivity contribution in [3.05, 3.63) is 211 Å². The number of hydrogen-bond acceptors (Lipinski definition) is 4. The fraction of sp³-hybridized carbons (Fsp3) is 0.0833. The van der Waals surface area contributed by atoms with Crippen LogP contribution in [0.3, 0.4) is 0 Å². The van der Waals surface area contributed by atoms with E-state index in [0.717, 1.165) is 83.9 Å². The molecule has 312 valence electrons. The van der Waals surface area contributed by atoms with Crippen LogP contribution >= 0.6 is 0 Å². The number of para-hydroxylation sites is 2. The third-order valence-corrected chi connectivity index (χ3v) is 14.3. The van der Waals surface area contributed by atoms with Crippen molar-refractivity contribution in [3.8, 4) is 45.3 Å². The summed E-state index contributed by atoms with van der Waals surface area (Å²) in [6, 6.07) is 61.2. The smallest absolute Gasteiger partial charge is 0.238 e. The second-order valence-electron chi connectivity index (χ2n) is 18.4. The Morgan fingerprint density at radius 3 is 2.03 bits per heavy atom. The minimum atomic E-state index is -0.184. The van der Waals surface area contributed by atoms with Crippen molar-refractivity contribution in [3.63, 3.8) is 0 Å². The Morgan fingerprint density at radius 1 is 0.485 bits per heavy atom. The van der Waals surface area contributed by atoms with E-state index in [9.17, 15) is 0 Å². The molecule has 6 nitrogen and oxygen atoms in total. The maximum atomic E-state index is 6.66. The van der Waals surface area contributed by atoms with E-state index in [1.165, 1.54) is 38.5 Å². The Bertz CT molecular complexity index is 4050. The van der Waals surface area contributed by atoms with E-state index in [2.05, 4.69) is 199 Å². The van der Waals surface area contributed by atoms with Crippen molar-refractivity contribution < 1.29 is 4.42 Å². The number of rotatable bonds is 5. The molecular weight excluding hydrogens is 807 g/mol. The first-order chi connectivity index (χ1) is 32.5. The van der Waals surface area contributed by atoms with E-state index in [1.807, 2.05) is 18.2 Å². The van der Waals surface area contributed by atoms with Gasteiger partial charge in [0, 0.05) is 61.0 Å². The molecule has 0 amide bonds. The molecule has 0 saturated carbocycles. The molecule has 0 radical (unpaired) electrons. The Labute approximate surface area is 380 Å². The summed E-state index contributed by atoms with van der Waals surface area (Å²) in [7, 11) is 0. The monoisotopic (exact) mass is 847 g/mol. The number of aromatic nitrogens is 5. The summed E-state index contributed by atoms with van der Waals surface area (Å²) in [6.07, 6.45) is 9.42. The summed E-state index contributed by atoms with van der Waals surface area (Å²) >= 11 is 0. The zero-order valence-corrected chi connectivity index (χ0v) is 36.4. The Kier molecular flexibility index (Phi) is 7.76. The minimum Gasteiger partial charge on any atom is -0.456 e. The number of fused-ring (bicyclic) bond motifs is 12. The normalized spacial score (nSPS) is 15.2. The van der Waals surface area contributed by atoms with Gasteiger partial charge in [0.05, 0.1) is 22.1 Å². The quantitative estimate of drug-likeness (QED) is 0.173. The molecular formula is C60H41N5O. The molecule has 66 heavy (non-hydrogen) atoms. The van der Waals surface area contributed by atoms with E-state index in [1.54, 1.807) is 0 Å². The van der Waals surface area contributed by atoms with Crippen molar-refractivity contribution in [1.29, 1.82) is 0 Å². The molecule has 4 heterocycles. The molecule has 8 aromatic carbocycles. The Balaban J connectivity index is 0.991. The van der Waals surface area contributed by atoms with Gasteiger partial charge in [-0.1, -0.05) is 141 Å². The van der Waals surface area contributed by atoms with Gasteiger partial charge in [0.2, 0.25) is 5.95 Å². The van der Waals surface area contributed by atoms with Gasteiger partial charge >= 0.3 is 0 Å². The van der Waals surface area contributed by atoms with Crippen molar-refractivity contribution in [2.24, 2.45) is 0 Å². The lowest BCUT2D eigenvalue weighted by Crippen LogP contribution is -2.15. The maximum absolute atomic E-state index is 6.66. The predicted octanol–water partition coefficient (Wildman–Crippen LogP) is 15.2. The molecule has 2 aliphatic rings. The summed E-state index contributed by atoms with van der Waals surface area (Å²) in [4.78, 5) is 15.7. The second kappa shape index (κ2) is 13.8. The first-order valence-corrected chi connectivity index (χ1v) is 22.8. The molecule has 2 aliphatic carbocycles. The summed E-state index contributed by atoms with van der Waals surface area (Å²) in [5, 5.41) is 6.93. The summed E-state index contributed by atoms with van der Waals surface area (Å²) < 4.78 is 11.3. The van der Waals surface area contributed by atoms with E-state index < -0.39 is 0 Å². The van der Waals surface area contributed by atoms with Crippen LogP contribution in [-0.4, -0.2) is 24.1 Å². The lowest BCUT2D eigenvalue weighted by molar-refractivity contribution is 0.661. The molecule has 1 unspecified atom stereocenters. The van der Waals surface area contributed by atoms with E-state index in [4.69, 9.17) is 19.4 Å². The predicted molar refractivity (Wildman–Crippen MR) is 270 cm³/mol. The molecule has 0 spiro atoms. The molecule has 6 heteroatoms. The van der Waals surface area contributed by atoms with Gasteiger partial charge in [-0.15, -0.1) is 0 Å². The highest BCUT2D eigenvalue weighted by Gasteiger charge is 2.36. The van der Waals surface area contributed by atoms with Gasteiger partial charge < -0.3 is 8.98 Å². The second-order valence-corrected chi connectivity index (χ2v) is 18.4. The largest absolute Gasteiger partial charge is 0.456 e. The van der Waals surface area contributed by atoms with Crippen LogP contribution in [0.2, 0.25) is 0 Å². The van der Waals surface area contributed by atoms with E-state index >= 15 is 0 Å². The summed E-state index contributed by atoms with van der Waals surface area (Å²) in [5.41, 5.74) is 15.5. The number of benzene rings is 8. The van der Waals surface area contributed by atoms with Crippen LogP contribution in [0.4, 0.5) is 0 Å². The lowest BCUT2D eigenvalue weighted by atomic mass is 9.82. The molecule has 4 aromatic heterocycles. The molecule has 0 bridgehead atoms. The zero-order valence-electron chi connectivity index (χ0n) is 36.4. The van der Waals surface area contributed by atoms with Gasteiger partial charge in [0.1, 0.15) is 17.0 Å². The highest BCUT2D eigenvalue weighted by molar-refractivity contribution is 6.18. The number of nitrogens with zero attached hydrogens (tertiary/aromatic N) is 5. The van der Waals surface area contributed by atoms with Crippen LogP contribution in [-0.2, 0) is 5.41 Å². The van der Waals surface area contributed by atoms with Gasteiger partial charge in [0.15, 0.2) is 5.82 Å². The molecule has 1 atom stereocenters. The van der Waals surface area contributed by atoms with Crippen LogP contribution in [0, 0.1) is 0 Å². The number of allylic oxidation sites excluding steroid dienone is 4. The highest BCUT2D eigenvalue weighted by Crippen LogP contribution is 2.51. The molecule has 0 N–H and O–H groups in total. The molecule has 0 saturated heterocycles. The number of furan rings is 1. The van der Waals surface area contributed by atoms with Gasteiger partial charge in [0.25, 0.3) is 0 Å². The van der Waals surface area contributed by atoms with Crippen LogP contribution in [0.1, 0.15) is 43.1 Å². The van der Waals surface area contributed by atoms with Crippen molar-refractivity contribution in [2.75, 3.05) is 0 Å². The van der Waals surface area contributed by atoms with Crippen molar-refractivity contribution >= 4 is 65.6 Å². The number of hydrogen-bond donors (Lipinski definition) is 0. The first kappa shape index (κ1) is 37.1. The van der Waals surface area contributed by atoms with E-state index in [-0.39, 0.29) is 11.3 Å². The SMILES string of the molecule is CC1(C)c2ccccc2-c2cc3c4cc(-c5ccc6oc7cc8c(cc7c6c5)c5ccccc5n8-c5ccccc5)ccc4n(-c4nc(-c5ccccc5)nc(C5C=CC=CC5)n4)c3cc21. The van der Waals surface area contributed by atoms with Crippen molar-refractivity contribution in [1.82, 2.24) is 24.1 Å². The van der Waals surface area contributed by atoms with Gasteiger partial charge in [-0.3, -0.25) is 4.57 Å². The summed E-state index contributed by atoms with van der Waals surface area (Å²) in [6.45, 7) is 4.68. The van der Waals surface area contributed by atoms with Gasteiger partial charge in [-0.2, -0.15) is 9.97 Å². The lowest BCUT2D eigenvalue weighted by Gasteiger charge is -2.21. The fourth-order valence-electron chi connectivity index (χ4n) is 11.0. The minimum absolute atomic E-state index is 0.0455. The molecule has 14 rings (SSSR count). The van der Waals surface area contributed by atoms with E-state index in [0.29, 0.717) is 11.8 Å². The molecule has 0 aliphatic heterocycles. The third kappa shape index (κ3) is 5.39. The maximum Gasteiger partial charge on any atom is 0.238 e. The average Bonchev–Trinajstić information content (AvgIpc) is 4.07. The van der Waals surface area contributed by atoms with Crippen LogP contribution in [0.25, 0.3) is 111 Å². The first-order valence-electron chi connectivity index (χ1n) is 22.8. The summed E-state index contributed by atoms with van der Waals surface area (Å²) in [5.74, 6) is 2.10. The third-order valence-electron chi connectivity index (χ3n) is 14.3.